The number of aromatic nitrogens is 1. The molecule has 4 heterocycles. The molecule has 2 aromatic rings. The van der Waals surface area contributed by atoms with Gasteiger partial charge in [0, 0.05) is 64.2 Å². The standard InChI is InChI=1S/C28H40N6O4S/c1-5-24-28(35)31(4)25-10-11-26(30-27(25)34(24)22-12-18-38-19-13-22)29-21-6-8-23(9-7-21)39(36,37)33-16-14-32(15-17-33)20(2)3/h6-11,20,22,24H,5,12-19H2,1-4H3,(H,29,30). The molecule has 5 rings (SSSR count). The molecule has 2 saturated heterocycles. The molecule has 0 radical (unpaired) electrons. The van der Waals surface area contributed by atoms with Crippen LogP contribution in [0.15, 0.2) is 41.3 Å². The zero-order chi connectivity index (χ0) is 27.7. The Labute approximate surface area is 232 Å². The zero-order valence-corrected chi connectivity index (χ0v) is 24.2. The van der Waals surface area contributed by atoms with Gasteiger partial charge in [0.1, 0.15) is 11.9 Å². The fraction of sp³-hybridized carbons (Fsp3) is 0.571. The van der Waals surface area contributed by atoms with Crippen molar-refractivity contribution in [2.24, 2.45) is 0 Å². The number of fused-ring (bicyclic) bond motifs is 1. The zero-order valence-electron chi connectivity index (χ0n) is 23.3. The van der Waals surface area contributed by atoms with Crippen molar-refractivity contribution >= 4 is 38.9 Å². The quantitative estimate of drug-likeness (QED) is 0.555. The van der Waals surface area contributed by atoms with Crippen LogP contribution in [0.3, 0.4) is 0 Å². The Morgan fingerprint density at radius 1 is 1.03 bits per heavy atom. The molecule has 1 unspecified atom stereocenters. The van der Waals surface area contributed by atoms with Crippen molar-refractivity contribution in [3.05, 3.63) is 36.4 Å². The molecular weight excluding hydrogens is 516 g/mol. The third-order valence-electron chi connectivity index (χ3n) is 8.15. The summed E-state index contributed by atoms with van der Waals surface area (Å²) < 4.78 is 33.6. The number of likely N-dealkylation sites (N-methyl/N-ethyl adjacent to an activating group) is 1. The van der Waals surface area contributed by atoms with Gasteiger partial charge in [0.25, 0.3) is 0 Å². The maximum Gasteiger partial charge on any atom is 0.249 e. The lowest BCUT2D eigenvalue weighted by Crippen LogP contribution is -2.57. The van der Waals surface area contributed by atoms with Crippen molar-refractivity contribution in [2.45, 2.75) is 63.1 Å². The van der Waals surface area contributed by atoms with Gasteiger partial charge in [-0.15, -0.1) is 0 Å². The van der Waals surface area contributed by atoms with E-state index in [9.17, 15) is 13.2 Å². The molecule has 10 nitrogen and oxygen atoms in total. The average molecular weight is 557 g/mol. The second-order valence-corrected chi connectivity index (χ2v) is 12.7. The molecule has 0 bridgehead atoms. The molecule has 0 spiro atoms. The Bertz CT molecular complexity index is 1270. The molecule has 11 heteroatoms. The summed E-state index contributed by atoms with van der Waals surface area (Å²) in [6, 6.07) is 11.0. The van der Waals surface area contributed by atoms with E-state index in [1.807, 2.05) is 26.1 Å². The molecule has 1 atom stereocenters. The highest BCUT2D eigenvalue weighted by Gasteiger charge is 2.40. The number of nitrogens with zero attached hydrogens (tertiary/aromatic N) is 5. The number of carbonyl (C=O) groups is 1. The average Bonchev–Trinajstić information content (AvgIpc) is 2.95. The number of amides is 1. The number of sulfonamides is 1. The highest BCUT2D eigenvalue weighted by atomic mass is 32.2. The number of benzene rings is 1. The minimum atomic E-state index is -3.54. The molecule has 1 aromatic heterocycles. The van der Waals surface area contributed by atoms with Gasteiger partial charge in [-0.3, -0.25) is 9.69 Å². The number of pyridine rings is 1. The molecule has 3 aliphatic rings. The second-order valence-electron chi connectivity index (χ2n) is 10.8. The van der Waals surface area contributed by atoms with Gasteiger partial charge in [0.05, 0.1) is 10.6 Å². The first-order valence-electron chi connectivity index (χ1n) is 14.0. The number of rotatable bonds is 7. The van der Waals surface area contributed by atoms with E-state index in [0.29, 0.717) is 49.5 Å². The van der Waals surface area contributed by atoms with Crippen molar-refractivity contribution in [1.29, 1.82) is 0 Å². The molecule has 1 N–H and O–H groups in total. The molecular formula is C28H40N6O4S. The number of piperazine rings is 1. The highest BCUT2D eigenvalue weighted by molar-refractivity contribution is 7.89. The molecule has 2 fully saturated rings. The number of hydrogen-bond acceptors (Lipinski definition) is 8. The van der Waals surface area contributed by atoms with E-state index in [-0.39, 0.29) is 18.0 Å². The summed E-state index contributed by atoms with van der Waals surface area (Å²) in [6.45, 7) is 10.1. The summed E-state index contributed by atoms with van der Waals surface area (Å²) in [7, 11) is -1.74. The van der Waals surface area contributed by atoms with Crippen molar-refractivity contribution in [1.82, 2.24) is 14.2 Å². The van der Waals surface area contributed by atoms with Crippen LogP contribution in [0.4, 0.5) is 23.0 Å². The third kappa shape index (κ3) is 5.50. The van der Waals surface area contributed by atoms with Gasteiger partial charge < -0.3 is 19.9 Å². The van der Waals surface area contributed by atoms with Crippen molar-refractivity contribution in [2.75, 3.05) is 61.6 Å². The normalized spacial score (nSPS) is 21.9. The summed E-state index contributed by atoms with van der Waals surface area (Å²) >= 11 is 0. The van der Waals surface area contributed by atoms with Crippen LogP contribution in [0.25, 0.3) is 0 Å². The van der Waals surface area contributed by atoms with Crippen LogP contribution in [0, 0.1) is 0 Å². The highest BCUT2D eigenvalue weighted by Crippen LogP contribution is 2.39. The van der Waals surface area contributed by atoms with Crippen molar-refractivity contribution in [3.8, 4) is 0 Å². The lowest BCUT2D eigenvalue weighted by atomic mass is 9.99. The molecule has 0 saturated carbocycles. The van der Waals surface area contributed by atoms with Crippen LogP contribution in [0.2, 0.25) is 0 Å². The molecule has 212 valence electrons. The Balaban J connectivity index is 1.35. The SMILES string of the molecule is CCC1C(=O)N(C)c2ccc(Nc3ccc(S(=O)(=O)N4CCN(C(C)C)CC4)cc3)nc2N1C1CCOCC1. The first-order valence-corrected chi connectivity index (χ1v) is 15.4. The maximum atomic E-state index is 13.2. The topological polar surface area (TPSA) is 98.3 Å². The predicted molar refractivity (Wildman–Crippen MR) is 153 cm³/mol. The molecule has 3 aliphatic heterocycles. The van der Waals surface area contributed by atoms with Crippen LogP contribution in [-0.4, -0.2) is 93.1 Å². The number of hydrogen-bond donors (Lipinski definition) is 1. The van der Waals surface area contributed by atoms with E-state index in [2.05, 4.69) is 29.0 Å². The van der Waals surface area contributed by atoms with Crippen LogP contribution < -0.4 is 15.1 Å². The van der Waals surface area contributed by atoms with Gasteiger partial charge >= 0.3 is 0 Å². The Hall–Kier alpha value is -2.73. The smallest absolute Gasteiger partial charge is 0.249 e. The van der Waals surface area contributed by atoms with Crippen LogP contribution in [0.1, 0.15) is 40.0 Å². The third-order valence-corrected chi connectivity index (χ3v) is 10.1. The largest absolute Gasteiger partial charge is 0.381 e. The maximum absolute atomic E-state index is 13.2. The van der Waals surface area contributed by atoms with Gasteiger partial charge in [-0.25, -0.2) is 13.4 Å². The first-order chi connectivity index (χ1) is 18.7. The van der Waals surface area contributed by atoms with Gasteiger partial charge in [-0.05, 0) is 69.5 Å². The Morgan fingerprint density at radius 2 is 1.69 bits per heavy atom. The van der Waals surface area contributed by atoms with Crippen molar-refractivity contribution in [3.63, 3.8) is 0 Å². The first kappa shape index (κ1) is 27.8. The summed E-state index contributed by atoms with van der Waals surface area (Å²) in [5.74, 6) is 1.52. The van der Waals surface area contributed by atoms with Crippen LogP contribution in [0.5, 0.6) is 0 Å². The fourth-order valence-corrected chi connectivity index (χ4v) is 7.22. The van der Waals surface area contributed by atoms with E-state index in [1.165, 1.54) is 0 Å². The van der Waals surface area contributed by atoms with Gasteiger partial charge in [-0.1, -0.05) is 6.92 Å². The number of nitrogens with one attached hydrogen (secondary N) is 1. The van der Waals surface area contributed by atoms with E-state index in [4.69, 9.17) is 9.72 Å². The van der Waals surface area contributed by atoms with E-state index >= 15 is 0 Å². The lowest BCUT2D eigenvalue weighted by molar-refractivity contribution is -0.120. The number of carbonyl (C=O) groups excluding carboxylic acids is 1. The molecule has 0 aliphatic carbocycles. The second kappa shape index (κ2) is 11.4. The Kier molecular flexibility index (Phi) is 8.14. The van der Waals surface area contributed by atoms with Crippen LogP contribution in [-0.2, 0) is 19.6 Å². The van der Waals surface area contributed by atoms with Crippen LogP contribution >= 0.6 is 0 Å². The molecule has 1 aromatic carbocycles. The minimum Gasteiger partial charge on any atom is -0.381 e. The summed E-state index contributed by atoms with van der Waals surface area (Å²) in [5, 5.41) is 3.33. The molecule has 1 amide bonds. The Morgan fingerprint density at radius 3 is 2.31 bits per heavy atom. The van der Waals surface area contributed by atoms with E-state index in [0.717, 1.165) is 43.1 Å². The predicted octanol–water partition coefficient (Wildman–Crippen LogP) is 3.28. The van der Waals surface area contributed by atoms with Gasteiger partial charge in [0.2, 0.25) is 15.9 Å². The monoisotopic (exact) mass is 556 g/mol. The number of ether oxygens (including phenoxy) is 1. The van der Waals surface area contributed by atoms with Crippen molar-refractivity contribution < 1.29 is 17.9 Å². The lowest BCUT2D eigenvalue weighted by Gasteiger charge is -2.45. The minimum absolute atomic E-state index is 0.0846. The van der Waals surface area contributed by atoms with Gasteiger partial charge in [-0.2, -0.15) is 4.31 Å². The summed E-state index contributed by atoms with van der Waals surface area (Å²) in [4.78, 5) is 24.6. The fourth-order valence-electron chi connectivity index (χ4n) is 5.80. The van der Waals surface area contributed by atoms with E-state index < -0.39 is 10.0 Å². The van der Waals surface area contributed by atoms with Gasteiger partial charge in [0.15, 0.2) is 5.82 Å². The summed E-state index contributed by atoms with van der Waals surface area (Å²) in [6.07, 6.45) is 2.41. The number of anilines is 4. The molecule has 39 heavy (non-hydrogen) atoms. The van der Waals surface area contributed by atoms with E-state index in [1.54, 1.807) is 33.5 Å². The summed E-state index contributed by atoms with van der Waals surface area (Å²) in [5.41, 5.74) is 1.54.